The van der Waals surface area contributed by atoms with Crippen molar-refractivity contribution in [3.05, 3.63) is 71.4 Å². The molecule has 546 valence electrons. The number of esters is 4. The maximum absolute atomic E-state index is 17.1. The Morgan fingerprint density at radius 2 is 1.15 bits per heavy atom. The zero-order valence-electron chi connectivity index (χ0n) is 60.2. The van der Waals surface area contributed by atoms with E-state index in [1.165, 1.54) is 25.2 Å². The van der Waals surface area contributed by atoms with Gasteiger partial charge in [-0.15, -0.1) is 0 Å². The molecule has 1 heterocycles. The number of carbonyl (C=O) groups excluding carboxylic acids is 10. The Kier molecular flexibility index (Phi) is 19.9. The third-order valence-corrected chi connectivity index (χ3v) is 28.4. The van der Waals surface area contributed by atoms with Crippen molar-refractivity contribution in [2.45, 2.75) is 246 Å². The van der Waals surface area contributed by atoms with E-state index in [9.17, 15) is 63.3 Å². The van der Waals surface area contributed by atoms with E-state index >= 15 is 8.78 Å². The monoisotopic (exact) mass is 1390 g/mol. The number of hydrogen-bond donors (Lipinski definition) is 3. The lowest BCUT2D eigenvalue weighted by Crippen LogP contribution is -2.69. The van der Waals surface area contributed by atoms with Crippen molar-refractivity contribution < 1.29 is 95.7 Å². The van der Waals surface area contributed by atoms with Gasteiger partial charge in [-0.05, 0) is 174 Å². The van der Waals surface area contributed by atoms with E-state index in [0.29, 0.717) is 57.3 Å². The summed E-state index contributed by atoms with van der Waals surface area (Å²) >= 11 is 0. The van der Waals surface area contributed by atoms with E-state index < -0.39 is 122 Å². The molecule has 100 heavy (non-hydrogen) atoms. The van der Waals surface area contributed by atoms with Gasteiger partial charge in [-0.2, -0.15) is 0 Å². The molecule has 13 rings (SSSR count). The minimum absolute atomic E-state index is 0.00898. The van der Waals surface area contributed by atoms with Gasteiger partial charge < -0.3 is 39.0 Å². The maximum atomic E-state index is 17.1. The second-order valence-electron chi connectivity index (χ2n) is 32.9. The van der Waals surface area contributed by atoms with Crippen LogP contribution in [-0.2, 0) is 71.6 Å². The summed E-state index contributed by atoms with van der Waals surface area (Å²) in [5, 5.41) is 34.4. The van der Waals surface area contributed by atoms with Gasteiger partial charge >= 0.3 is 23.9 Å². The highest BCUT2D eigenvalue weighted by Gasteiger charge is 2.77. The molecule has 0 aromatic heterocycles. The summed E-state index contributed by atoms with van der Waals surface area (Å²) in [5.74, 6) is -3.45. The van der Waals surface area contributed by atoms with Crippen LogP contribution < -0.4 is 0 Å². The number of rotatable bonds is 15. The summed E-state index contributed by atoms with van der Waals surface area (Å²) in [6.45, 7) is 20.7. The predicted octanol–water partition coefficient (Wildman–Crippen LogP) is 10.7. The quantitative estimate of drug-likeness (QED) is 0.101. The zero-order valence-corrected chi connectivity index (χ0v) is 60.2. The molecule has 7 unspecified atom stereocenters. The lowest BCUT2D eigenvalue weighted by Gasteiger charge is -2.63. The largest absolute Gasteiger partial charge is 0.475 e. The molecule has 9 saturated carbocycles. The third-order valence-electron chi connectivity index (χ3n) is 28.4. The number of carbonyl (C=O) groups is 10. The molecule has 0 amide bonds. The number of aliphatic hydroxyl groups is 3. The van der Waals surface area contributed by atoms with Crippen molar-refractivity contribution in [3.63, 3.8) is 0 Å². The molecule has 0 aromatic rings. The average molecular weight is 1390 g/mol. The molecule has 0 aromatic carbocycles. The summed E-state index contributed by atoms with van der Waals surface area (Å²) in [5.41, 5.74) is -7.78. The highest BCUT2D eigenvalue weighted by atomic mass is 19.1. The number of aliphatic hydroxyl groups excluding tert-OH is 3. The maximum Gasteiger partial charge on any atom is 0.306 e. The van der Waals surface area contributed by atoms with E-state index in [1.807, 2.05) is 39.8 Å². The fourth-order valence-electron chi connectivity index (χ4n) is 23.2. The van der Waals surface area contributed by atoms with E-state index in [1.54, 1.807) is 52.0 Å². The van der Waals surface area contributed by atoms with Gasteiger partial charge in [-0.1, -0.05) is 98.1 Å². The number of hydrogen-bond acceptors (Lipinski definition) is 19. The van der Waals surface area contributed by atoms with Crippen LogP contribution in [0, 0.1) is 85.2 Å². The van der Waals surface area contributed by atoms with Gasteiger partial charge in [0.05, 0.1) is 18.3 Å². The highest BCUT2D eigenvalue weighted by Crippen LogP contribution is 2.74. The van der Waals surface area contributed by atoms with Crippen molar-refractivity contribution in [2.24, 2.45) is 90.2 Å². The van der Waals surface area contributed by atoms with Gasteiger partial charge in [-0.3, -0.25) is 47.9 Å². The lowest BCUT2D eigenvalue weighted by molar-refractivity contribution is -0.210. The van der Waals surface area contributed by atoms with Crippen LogP contribution in [0.1, 0.15) is 199 Å². The smallest absolute Gasteiger partial charge is 0.306 e. The first kappa shape index (κ1) is 74.7. The number of fused-ring (bicyclic) bond motifs is 17. The molecule has 0 radical (unpaired) electrons. The number of unbranched alkanes of at least 4 members (excludes halogenated alkanes) is 1. The first-order valence-electron chi connectivity index (χ1n) is 36.6. The van der Waals surface area contributed by atoms with Crippen LogP contribution in [-0.4, -0.2) is 147 Å². The number of ketones is 6. The Morgan fingerprint density at radius 3 is 1.74 bits per heavy atom. The van der Waals surface area contributed by atoms with Crippen molar-refractivity contribution in [2.75, 3.05) is 19.8 Å². The summed E-state index contributed by atoms with van der Waals surface area (Å²) < 4.78 is 60.0. The van der Waals surface area contributed by atoms with Crippen molar-refractivity contribution in [3.8, 4) is 0 Å². The number of ether oxygens (including phenoxy) is 5. The Hall–Kier alpha value is -6.45. The van der Waals surface area contributed by atoms with Crippen LogP contribution >= 0.6 is 0 Å². The molecule has 0 bridgehead atoms. The van der Waals surface area contributed by atoms with Gasteiger partial charge in [0.2, 0.25) is 11.6 Å². The zero-order chi connectivity index (χ0) is 73.0. The third kappa shape index (κ3) is 11.3. The molecular weight excluding hydrogens is 1290 g/mol. The number of allylic oxidation sites excluding steroid dienone is 12. The molecule has 13 aliphatic rings. The van der Waals surface area contributed by atoms with E-state index in [-0.39, 0.29) is 127 Å². The molecule has 23 atom stereocenters. The Balaban J connectivity index is 0.000000151. The molecule has 3 N–H and O–H groups in total. The molecule has 12 aliphatic carbocycles. The van der Waals surface area contributed by atoms with Crippen LogP contribution in [0.25, 0.3) is 0 Å². The van der Waals surface area contributed by atoms with Gasteiger partial charge in [0.1, 0.15) is 12.3 Å². The summed E-state index contributed by atoms with van der Waals surface area (Å²) in [4.78, 5) is 129. The fourth-order valence-corrected chi connectivity index (χ4v) is 23.2. The minimum Gasteiger partial charge on any atom is -0.475 e. The Labute approximate surface area is 585 Å². The minimum atomic E-state index is -2.15. The SMILES string of the molecule is CC(=O)OCC(=O)[C@@]12N=C(C)O[C@@H]1CC1C3CCC4=CC(=O)C=C[C@]4(C)[C@H]3[C@@H](O)C[C@@]12C.CCC(=O)OCC(=O)[C@@]1(OC(=O)CC)CCC2C3CCC4=CC(=O)C=C[C@]4(C)[C@H]3[C@@H](O)C[C@@]21C.CCCCC(=O)OCC(=O)[C@@]1(C)CCC2C3CC(F)C4=CC(=O)C=C[C@]4(C)[C@@]3(F)[C@@H](O)C[C@@]21C. The molecule has 1 aliphatic heterocycles. The van der Waals surface area contributed by atoms with E-state index in [2.05, 4.69) is 20.8 Å². The number of Topliss-reactive ketones (excluding diaryl/α,β-unsaturated/α-hetero) is 3. The molecule has 9 fully saturated rings. The normalized spacial score (nSPS) is 43.9. The highest BCUT2D eigenvalue weighted by molar-refractivity contribution is 6.03. The van der Waals surface area contributed by atoms with Crippen LogP contribution in [0.3, 0.4) is 0 Å². The first-order chi connectivity index (χ1) is 46.9. The predicted molar refractivity (Wildman–Crippen MR) is 361 cm³/mol. The van der Waals surface area contributed by atoms with Gasteiger partial charge in [0, 0.05) is 83.4 Å². The van der Waals surface area contributed by atoms with Crippen LogP contribution in [0.2, 0.25) is 0 Å². The van der Waals surface area contributed by atoms with Crippen LogP contribution in [0.5, 0.6) is 0 Å². The van der Waals surface area contributed by atoms with Crippen molar-refractivity contribution in [1.29, 1.82) is 0 Å². The average Bonchev–Trinajstić information content (AvgIpc) is 1.43. The van der Waals surface area contributed by atoms with Crippen LogP contribution in [0.4, 0.5) is 8.78 Å². The topological polar surface area (TPSA) is 290 Å². The van der Waals surface area contributed by atoms with Crippen molar-refractivity contribution in [1.82, 2.24) is 0 Å². The molecule has 0 spiro atoms. The Morgan fingerprint density at radius 1 is 0.610 bits per heavy atom. The standard InChI is InChI=1S/C27H36F2O5.C27H36O7.C25H31NO6/c1-5-6-7-23(33)34-15-22(32)25(3)11-9-17-18-13-20(28)19-12-16(30)8-10-24(19,2)27(18,29)21(31)14-26(17,25)4;1-5-22(31)33-15-21(30)27(34-23(32)6-2)12-10-19-18-8-7-16-13-17(28)9-11-25(16,3)24(18)20(29)14-26(19,27)4;1-13-26-25(20(30)12-31-14(2)27)21(32-13)10-18-17-6-5-15-9-16(28)7-8-23(15,3)22(17)19(29)11-24(18,25)4/h8,10,12,17-18,20-21,31H,5-7,9,11,13-15H2,1-4H3;9,11,13,18-20,24,29H,5-8,10,12,14-15H2,1-4H3;7-9,17-19,21-22,29H,5-6,10-12H2,1-4H3/t17?,18?,20?,21-,24-,25+,26-,27-;18?,19?,20-,24+,25-,26-,27-;17?,18?,19-,21+,22+,23-,24-,25+/m000/s1. The number of alkyl halides is 2. The molecule has 0 saturated heterocycles. The summed E-state index contributed by atoms with van der Waals surface area (Å²) in [6, 6.07) is 0. The van der Waals surface area contributed by atoms with Gasteiger partial charge in [-0.25, -0.2) is 13.8 Å². The fraction of sp³-hybridized carbons (Fsp3) is 0.709. The van der Waals surface area contributed by atoms with Crippen molar-refractivity contribution >= 4 is 64.5 Å². The van der Waals surface area contributed by atoms with E-state index in [0.717, 1.165) is 43.3 Å². The number of nitrogens with zero attached hydrogens (tertiary/aromatic N) is 1. The second-order valence-corrected chi connectivity index (χ2v) is 32.9. The first-order valence-corrected chi connectivity index (χ1v) is 36.6. The molecule has 21 heteroatoms. The van der Waals surface area contributed by atoms with Gasteiger partial charge in [0.25, 0.3) is 0 Å². The summed E-state index contributed by atoms with van der Waals surface area (Å²) in [7, 11) is 0. The second kappa shape index (κ2) is 26.7. The molecule has 19 nitrogen and oxygen atoms in total. The number of halogens is 2. The lowest BCUT2D eigenvalue weighted by atomic mass is 9.43. The Bertz CT molecular complexity index is 3660. The van der Waals surface area contributed by atoms with E-state index in [4.69, 9.17) is 28.7 Å². The van der Waals surface area contributed by atoms with Crippen LogP contribution in [0.15, 0.2) is 76.4 Å². The number of aliphatic imine (C=N–C) groups is 1. The summed E-state index contributed by atoms with van der Waals surface area (Å²) in [6.07, 6.45) is 18.3. The molecular formula is C79H103F2NO18. The van der Waals surface area contributed by atoms with Gasteiger partial charge in [0.15, 0.2) is 65.7 Å².